The summed E-state index contributed by atoms with van der Waals surface area (Å²) in [5.74, 6) is 1.21. The Morgan fingerprint density at radius 3 is 2.50 bits per heavy atom. The van der Waals surface area contributed by atoms with Gasteiger partial charge < -0.3 is 11.1 Å². The van der Waals surface area contributed by atoms with E-state index >= 15 is 0 Å². The van der Waals surface area contributed by atoms with E-state index in [1.165, 1.54) is 12.8 Å². The molecular formula is C17H26N2O. The average Bonchev–Trinajstić information content (AvgIpc) is 2.42. The predicted octanol–water partition coefficient (Wildman–Crippen LogP) is 2.80. The monoisotopic (exact) mass is 274 g/mol. The molecule has 4 unspecified atom stereocenters. The number of nitrogens with two attached hydrogens (primary N) is 1. The van der Waals surface area contributed by atoms with Gasteiger partial charge in [0.1, 0.15) is 5.54 Å². The minimum absolute atomic E-state index is 0.0740. The van der Waals surface area contributed by atoms with Crippen LogP contribution in [0.5, 0.6) is 0 Å². The lowest BCUT2D eigenvalue weighted by Gasteiger charge is -2.35. The van der Waals surface area contributed by atoms with E-state index in [9.17, 15) is 4.79 Å². The van der Waals surface area contributed by atoms with Crippen molar-refractivity contribution in [2.24, 2.45) is 17.6 Å². The van der Waals surface area contributed by atoms with E-state index < -0.39 is 5.54 Å². The summed E-state index contributed by atoms with van der Waals surface area (Å²) in [5, 5.41) is 3.16. The molecule has 3 N–H and O–H groups in total. The standard InChI is InChI=1S/C17H26N2O/c1-12-9-10-15(13(2)11-12)19-16(20)17(3,18)14-7-5-4-6-8-14/h4-8,12-13,15H,9-11,18H2,1-3H3,(H,19,20). The number of rotatable bonds is 3. The molecular weight excluding hydrogens is 248 g/mol. The molecule has 1 aromatic carbocycles. The first-order valence-electron chi connectivity index (χ1n) is 7.56. The zero-order chi connectivity index (χ0) is 14.8. The molecule has 1 aromatic rings. The molecule has 0 aromatic heterocycles. The van der Waals surface area contributed by atoms with Crippen molar-refractivity contribution in [3.05, 3.63) is 35.9 Å². The zero-order valence-corrected chi connectivity index (χ0v) is 12.7. The Labute approximate surface area is 121 Å². The van der Waals surface area contributed by atoms with Gasteiger partial charge in [-0.05, 0) is 43.6 Å². The Bertz CT molecular complexity index is 455. The van der Waals surface area contributed by atoms with Crippen LogP contribution in [0.15, 0.2) is 30.3 Å². The Kier molecular flexibility index (Phi) is 4.48. The van der Waals surface area contributed by atoms with Gasteiger partial charge in [0, 0.05) is 6.04 Å². The molecule has 0 radical (unpaired) electrons. The topological polar surface area (TPSA) is 55.1 Å². The van der Waals surface area contributed by atoms with Gasteiger partial charge in [0.25, 0.3) is 0 Å². The van der Waals surface area contributed by atoms with Crippen molar-refractivity contribution >= 4 is 5.91 Å². The molecule has 3 nitrogen and oxygen atoms in total. The number of hydrogen-bond donors (Lipinski definition) is 2. The maximum absolute atomic E-state index is 12.5. The van der Waals surface area contributed by atoms with E-state index in [4.69, 9.17) is 5.73 Å². The van der Waals surface area contributed by atoms with Gasteiger partial charge in [0.15, 0.2) is 0 Å². The zero-order valence-electron chi connectivity index (χ0n) is 12.7. The fourth-order valence-corrected chi connectivity index (χ4v) is 3.11. The highest BCUT2D eigenvalue weighted by Gasteiger charge is 2.34. The molecule has 0 aliphatic heterocycles. The largest absolute Gasteiger partial charge is 0.351 e. The lowest BCUT2D eigenvalue weighted by molar-refractivity contribution is -0.127. The van der Waals surface area contributed by atoms with Crippen molar-refractivity contribution in [3.8, 4) is 0 Å². The van der Waals surface area contributed by atoms with Gasteiger partial charge in [-0.15, -0.1) is 0 Å². The molecule has 0 bridgehead atoms. The first-order chi connectivity index (χ1) is 9.41. The van der Waals surface area contributed by atoms with Crippen LogP contribution in [-0.4, -0.2) is 11.9 Å². The maximum atomic E-state index is 12.5. The van der Waals surface area contributed by atoms with Crippen molar-refractivity contribution in [2.45, 2.75) is 51.6 Å². The highest BCUT2D eigenvalue weighted by molar-refractivity contribution is 5.87. The van der Waals surface area contributed by atoms with Gasteiger partial charge in [0.2, 0.25) is 5.91 Å². The SMILES string of the molecule is CC1CCC(NC(=O)C(C)(N)c2ccccc2)C(C)C1. The van der Waals surface area contributed by atoms with Crippen LogP contribution >= 0.6 is 0 Å². The molecule has 0 saturated heterocycles. The van der Waals surface area contributed by atoms with Crippen molar-refractivity contribution < 1.29 is 4.79 Å². The van der Waals surface area contributed by atoms with E-state index in [-0.39, 0.29) is 11.9 Å². The number of carbonyl (C=O) groups excluding carboxylic acids is 1. The fraction of sp³-hybridized carbons (Fsp3) is 0.588. The second-order valence-electron chi connectivity index (χ2n) is 6.54. The van der Waals surface area contributed by atoms with Crippen LogP contribution in [0.25, 0.3) is 0 Å². The Morgan fingerprint density at radius 2 is 1.90 bits per heavy atom. The molecule has 1 aliphatic rings. The number of carbonyl (C=O) groups is 1. The summed E-state index contributed by atoms with van der Waals surface area (Å²) in [5.41, 5.74) is 6.15. The van der Waals surface area contributed by atoms with Crippen LogP contribution in [-0.2, 0) is 10.3 Å². The lowest BCUT2D eigenvalue weighted by atomic mass is 9.79. The van der Waals surface area contributed by atoms with E-state index in [0.717, 1.165) is 17.9 Å². The van der Waals surface area contributed by atoms with Gasteiger partial charge >= 0.3 is 0 Å². The average molecular weight is 274 g/mol. The highest BCUT2D eigenvalue weighted by Crippen LogP contribution is 2.29. The van der Waals surface area contributed by atoms with Gasteiger partial charge in [-0.25, -0.2) is 0 Å². The fourth-order valence-electron chi connectivity index (χ4n) is 3.11. The molecule has 0 heterocycles. The second kappa shape index (κ2) is 5.96. The molecule has 1 saturated carbocycles. The summed E-state index contributed by atoms with van der Waals surface area (Å²) >= 11 is 0. The Balaban J connectivity index is 2.04. The minimum Gasteiger partial charge on any atom is -0.351 e. The number of hydrogen-bond acceptors (Lipinski definition) is 2. The molecule has 1 fully saturated rings. The first-order valence-corrected chi connectivity index (χ1v) is 7.56. The van der Waals surface area contributed by atoms with Crippen LogP contribution < -0.4 is 11.1 Å². The van der Waals surface area contributed by atoms with E-state index in [1.54, 1.807) is 6.92 Å². The quantitative estimate of drug-likeness (QED) is 0.890. The maximum Gasteiger partial charge on any atom is 0.244 e. The van der Waals surface area contributed by atoms with Gasteiger partial charge in [-0.2, -0.15) is 0 Å². The van der Waals surface area contributed by atoms with Crippen LogP contribution in [0.1, 0.15) is 45.6 Å². The molecule has 0 spiro atoms. The molecule has 4 atom stereocenters. The second-order valence-corrected chi connectivity index (χ2v) is 6.54. The van der Waals surface area contributed by atoms with Crippen LogP contribution in [0.3, 0.4) is 0 Å². The summed E-state index contributed by atoms with van der Waals surface area (Å²) in [4.78, 5) is 12.5. The number of benzene rings is 1. The predicted molar refractivity (Wildman–Crippen MR) is 82.1 cm³/mol. The summed E-state index contributed by atoms with van der Waals surface area (Å²) in [6.07, 6.45) is 3.42. The summed E-state index contributed by atoms with van der Waals surface area (Å²) in [6.45, 7) is 6.29. The smallest absolute Gasteiger partial charge is 0.244 e. The molecule has 20 heavy (non-hydrogen) atoms. The molecule has 1 amide bonds. The number of amides is 1. The van der Waals surface area contributed by atoms with Gasteiger partial charge in [-0.3, -0.25) is 4.79 Å². The van der Waals surface area contributed by atoms with Gasteiger partial charge in [-0.1, -0.05) is 44.2 Å². The van der Waals surface area contributed by atoms with Crippen LogP contribution in [0.4, 0.5) is 0 Å². The Morgan fingerprint density at radius 1 is 1.25 bits per heavy atom. The third-order valence-electron chi connectivity index (χ3n) is 4.59. The van der Waals surface area contributed by atoms with Crippen LogP contribution in [0.2, 0.25) is 0 Å². The van der Waals surface area contributed by atoms with Crippen molar-refractivity contribution in [1.82, 2.24) is 5.32 Å². The van der Waals surface area contributed by atoms with E-state index in [2.05, 4.69) is 19.2 Å². The minimum atomic E-state index is -0.968. The lowest BCUT2D eigenvalue weighted by Crippen LogP contribution is -2.54. The molecule has 3 heteroatoms. The molecule has 110 valence electrons. The van der Waals surface area contributed by atoms with Crippen molar-refractivity contribution in [1.29, 1.82) is 0 Å². The first kappa shape index (κ1) is 15.0. The van der Waals surface area contributed by atoms with Crippen LogP contribution in [0, 0.1) is 11.8 Å². The highest BCUT2D eigenvalue weighted by atomic mass is 16.2. The molecule has 1 aliphatic carbocycles. The summed E-state index contributed by atoms with van der Waals surface area (Å²) in [7, 11) is 0. The number of nitrogens with one attached hydrogen (secondary N) is 1. The van der Waals surface area contributed by atoms with E-state index in [1.807, 2.05) is 30.3 Å². The van der Waals surface area contributed by atoms with E-state index in [0.29, 0.717) is 5.92 Å². The Hall–Kier alpha value is -1.35. The third kappa shape index (κ3) is 3.21. The van der Waals surface area contributed by atoms with Crippen molar-refractivity contribution in [3.63, 3.8) is 0 Å². The third-order valence-corrected chi connectivity index (χ3v) is 4.59. The molecule has 2 rings (SSSR count). The van der Waals surface area contributed by atoms with Gasteiger partial charge in [0.05, 0.1) is 0 Å². The summed E-state index contributed by atoms with van der Waals surface area (Å²) in [6, 6.07) is 9.84. The summed E-state index contributed by atoms with van der Waals surface area (Å²) < 4.78 is 0. The normalized spacial score (nSPS) is 29.5. The van der Waals surface area contributed by atoms with Crippen molar-refractivity contribution in [2.75, 3.05) is 0 Å².